The van der Waals surface area contributed by atoms with Crippen LogP contribution >= 0.6 is 0 Å². The molecule has 29 heavy (non-hydrogen) atoms. The molecule has 6 heteroatoms. The average molecular weight is 413 g/mol. The molecule has 0 atom stereocenters. The minimum absolute atomic E-state index is 0.00721. The molecule has 0 unspecified atom stereocenters. The van der Waals surface area contributed by atoms with E-state index >= 15 is 0 Å². The highest BCUT2D eigenvalue weighted by Crippen LogP contribution is 2.48. The highest BCUT2D eigenvalue weighted by molar-refractivity contribution is 7.92. The number of anilines is 1. The van der Waals surface area contributed by atoms with Gasteiger partial charge in [0.15, 0.2) is 0 Å². The Bertz CT molecular complexity index is 974. The molecule has 1 saturated carbocycles. The van der Waals surface area contributed by atoms with Crippen LogP contribution < -0.4 is 10.0 Å². The Kier molecular flexibility index (Phi) is 6.13. The molecule has 154 valence electrons. The lowest BCUT2D eigenvalue weighted by Gasteiger charge is -2.16. The van der Waals surface area contributed by atoms with Crippen LogP contribution in [0.25, 0.3) is 0 Å². The van der Waals surface area contributed by atoms with E-state index in [1.165, 1.54) is 0 Å². The van der Waals surface area contributed by atoms with Gasteiger partial charge in [0.1, 0.15) is 0 Å². The van der Waals surface area contributed by atoms with Crippen molar-refractivity contribution < 1.29 is 13.2 Å². The molecule has 0 bridgehead atoms. The summed E-state index contributed by atoms with van der Waals surface area (Å²) in [6.07, 6.45) is 4.16. The zero-order valence-corrected chi connectivity index (χ0v) is 17.8. The van der Waals surface area contributed by atoms with Crippen LogP contribution in [0.1, 0.15) is 37.8 Å². The van der Waals surface area contributed by atoms with E-state index in [-0.39, 0.29) is 10.8 Å². The molecule has 0 radical (unpaired) electrons. The van der Waals surface area contributed by atoms with E-state index in [9.17, 15) is 13.2 Å². The Labute approximate surface area is 173 Å². The maximum Gasteiger partial charge on any atom is 0.261 e. The third-order valence-electron chi connectivity index (χ3n) is 5.16. The normalized spacial score (nSPS) is 15.0. The van der Waals surface area contributed by atoms with Crippen LogP contribution in [0.4, 0.5) is 5.69 Å². The molecule has 1 amide bonds. The predicted octanol–water partition coefficient (Wildman–Crippen LogP) is 4.02. The van der Waals surface area contributed by atoms with Gasteiger partial charge in [-0.25, -0.2) is 8.42 Å². The Morgan fingerprint density at radius 3 is 2.24 bits per heavy atom. The highest BCUT2D eigenvalue weighted by atomic mass is 32.2. The number of rotatable bonds is 9. The lowest BCUT2D eigenvalue weighted by Crippen LogP contribution is -2.34. The van der Waals surface area contributed by atoms with Gasteiger partial charge in [0.25, 0.3) is 10.0 Å². The van der Waals surface area contributed by atoms with Crippen LogP contribution in [-0.4, -0.2) is 20.9 Å². The van der Waals surface area contributed by atoms with E-state index in [0.717, 1.165) is 30.4 Å². The number of amides is 1. The monoisotopic (exact) mass is 412 g/mol. The van der Waals surface area contributed by atoms with E-state index in [1.54, 1.807) is 30.3 Å². The molecular weight excluding hydrogens is 384 g/mol. The molecule has 3 rings (SSSR count). The van der Waals surface area contributed by atoms with E-state index in [4.69, 9.17) is 0 Å². The lowest BCUT2D eigenvalue weighted by atomic mass is 9.95. The molecule has 2 aromatic rings. The molecule has 1 fully saturated rings. The van der Waals surface area contributed by atoms with E-state index in [0.29, 0.717) is 18.2 Å². The molecule has 0 aliphatic heterocycles. The minimum Gasteiger partial charge on any atom is -0.352 e. The zero-order chi connectivity index (χ0) is 21.1. The smallest absolute Gasteiger partial charge is 0.261 e. The molecule has 1 aliphatic rings. The second-order valence-corrected chi connectivity index (χ2v) is 9.69. The number of sulfonamides is 1. The Morgan fingerprint density at radius 1 is 1.10 bits per heavy atom. The number of hydrogen-bond acceptors (Lipinski definition) is 3. The van der Waals surface area contributed by atoms with Gasteiger partial charge in [-0.2, -0.15) is 0 Å². The van der Waals surface area contributed by atoms with Crippen molar-refractivity contribution in [3.63, 3.8) is 0 Å². The van der Waals surface area contributed by atoms with Crippen LogP contribution in [0.2, 0.25) is 0 Å². The Morgan fingerprint density at radius 2 is 1.72 bits per heavy atom. The van der Waals surface area contributed by atoms with Gasteiger partial charge < -0.3 is 5.32 Å². The summed E-state index contributed by atoms with van der Waals surface area (Å²) >= 11 is 0. The largest absolute Gasteiger partial charge is 0.352 e. The van der Waals surface area contributed by atoms with Gasteiger partial charge in [-0.05, 0) is 60.6 Å². The fourth-order valence-corrected chi connectivity index (χ4v) is 4.51. The number of carbonyl (C=O) groups excluding carboxylic acids is 1. The first kappa shape index (κ1) is 21.1. The fraction of sp³-hybridized carbons (Fsp3) is 0.348. The van der Waals surface area contributed by atoms with Crippen molar-refractivity contribution in [1.29, 1.82) is 0 Å². The molecule has 2 N–H and O–H groups in total. The molecule has 1 aliphatic carbocycles. The van der Waals surface area contributed by atoms with Gasteiger partial charge in [-0.15, -0.1) is 6.58 Å². The van der Waals surface area contributed by atoms with Gasteiger partial charge in [-0.3, -0.25) is 9.52 Å². The predicted molar refractivity (Wildman–Crippen MR) is 116 cm³/mol. The second kappa shape index (κ2) is 8.41. The van der Waals surface area contributed by atoms with Crippen LogP contribution in [0, 0.1) is 5.92 Å². The molecule has 0 heterocycles. The van der Waals surface area contributed by atoms with Gasteiger partial charge >= 0.3 is 0 Å². The fourth-order valence-electron chi connectivity index (χ4n) is 3.45. The second-order valence-electron chi connectivity index (χ2n) is 8.01. The summed E-state index contributed by atoms with van der Waals surface area (Å²) in [5.41, 5.74) is 2.00. The number of hydrogen-bond donors (Lipinski definition) is 2. The van der Waals surface area contributed by atoms with Gasteiger partial charge in [-0.1, -0.05) is 44.2 Å². The molecule has 2 aromatic carbocycles. The van der Waals surface area contributed by atoms with Gasteiger partial charge in [0.05, 0.1) is 10.3 Å². The minimum atomic E-state index is -3.66. The van der Waals surface area contributed by atoms with Crippen LogP contribution in [-0.2, 0) is 26.7 Å². The quantitative estimate of drug-likeness (QED) is 0.611. The summed E-state index contributed by atoms with van der Waals surface area (Å²) < 4.78 is 28.0. The first-order valence-electron chi connectivity index (χ1n) is 9.88. The standard InChI is InChI=1S/C23H28N2O3S/c1-4-15-24-22(26)23(13-14-23)19-7-9-20(10-8-19)25-29(27,28)21-11-5-18(6-12-21)16-17(2)3/h4-12,17,25H,1,13-16H2,2-3H3,(H,24,26). The maximum absolute atomic E-state index is 12.7. The van der Waals surface area contributed by atoms with Crippen molar-refractivity contribution in [1.82, 2.24) is 5.32 Å². The summed E-state index contributed by atoms with van der Waals surface area (Å²) in [5, 5.41) is 2.86. The topological polar surface area (TPSA) is 75.3 Å². The molecule has 0 aromatic heterocycles. The Balaban J connectivity index is 1.70. The highest BCUT2D eigenvalue weighted by Gasteiger charge is 2.50. The van der Waals surface area contributed by atoms with Crippen molar-refractivity contribution in [2.75, 3.05) is 11.3 Å². The van der Waals surface area contributed by atoms with Crippen molar-refractivity contribution in [2.24, 2.45) is 5.92 Å². The summed E-state index contributed by atoms with van der Waals surface area (Å²) in [6, 6.07) is 14.1. The van der Waals surface area contributed by atoms with Gasteiger partial charge in [0, 0.05) is 12.2 Å². The number of carbonyl (C=O) groups is 1. The van der Waals surface area contributed by atoms with Crippen LogP contribution in [0.15, 0.2) is 66.1 Å². The molecule has 0 spiro atoms. The summed E-state index contributed by atoms with van der Waals surface area (Å²) in [4.78, 5) is 12.6. The Hall–Kier alpha value is -2.60. The summed E-state index contributed by atoms with van der Waals surface area (Å²) in [7, 11) is -3.66. The van der Waals surface area contributed by atoms with E-state index in [1.807, 2.05) is 24.3 Å². The van der Waals surface area contributed by atoms with Crippen molar-refractivity contribution in [3.05, 3.63) is 72.3 Å². The summed E-state index contributed by atoms with van der Waals surface area (Å²) in [5.74, 6) is 0.509. The molecular formula is C23H28N2O3S. The zero-order valence-electron chi connectivity index (χ0n) is 16.9. The number of benzene rings is 2. The van der Waals surface area contributed by atoms with Crippen molar-refractivity contribution in [3.8, 4) is 0 Å². The first-order valence-corrected chi connectivity index (χ1v) is 11.4. The average Bonchev–Trinajstić information content (AvgIpc) is 3.48. The number of nitrogens with one attached hydrogen (secondary N) is 2. The van der Waals surface area contributed by atoms with Gasteiger partial charge in [0.2, 0.25) is 5.91 Å². The van der Waals surface area contributed by atoms with E-state index in [2.05, 4.69) is 30.5 Å². The van der Waals surface area contributed by atoms with Crippen molar-refractivity contribution >= 4 is 21.6 Å². The molecule has 5 nitrogen and oxygen atoms in total. The SMILES string of the molecule is C=CCNC(=O)C1(c2ccc(NS(=O)(=O)c3ccc(CC(C)C)cc3)cc2)CC1. The lowest BCUT2D eigenvalue weighted by molar-refractivity contribution is -0.123. The van der Waals surface area contributed by atoms with Crippen molar-refractivity contribution in [2.45, 2.75) is 43.4 Å². The summed E-state index contributed by atoms with van der Waals surface area (Å²) in [6.45, 7) is 8.31. The maximum atomic E-state index is 12.7. The van der Waals surface area contributed by atoms with Crippen LogP contribution in [0.3, 0.4) is 0 Å². The first-order chi connectivity index (χ1) is 13.8. The third-order valence-corrected chi connectivity index (χ3v) is 6.56. The third kappa shape index (κ3) is 4.88. The molecule has 0 saturated heterocycles. The van der Waals surface area contributed by atoms with Crippen LogP contribution in [0.5, 0.6) is 0 Å². The van der Waals surface area contributed by atoms with E-state index < -0.39 is 15.4 Å².